The Labute approximate surface area is 80.5 Å². The van der Waals surface area contributed by atoms with Gasteiger partial charge in [0.05, 0.1) is 7.11 Å². The Balaban J connectivity index is 3.06. The molecule has 0 fully saturated rings. The Morgan fingerprint density at radius 1 is 1.43 bits per heavy atom. The molecule has 1 rings (SSSR count). The number of rotatable bonds is 3. The zero-order chi connectivity index (χ0) is 10.7. The summed E-state index contributed by atoms with van der Waals surface area (Å²) in [6.45, 7) is 1.77. The molecule has 0 aliphatic carbocycles. The van der Waals surface area contributed by atoms with Gasteiger partial charge in [-0.15, -0.1) is 0 Å². The van der Waals surface area contributed by atoms with Gasteiger partial charge < -0.3 is 4.74 Å². The van der Waals surface area contributed by atoms with Crippen molar-refractivity contribution < 1.29 is 18.3 Å². The monoisotopic (exact) mass is 200 g/mol. The van der Waals surface area contributed by atoms with E-state index in [4.69, 9.17) is 4.74 Å². The topological polar surface area (TPSA) is 26.3 Å². The van der Waals surface area contributed by atoms with Crippen LogP contribution in [0.2, 0.25) is 0 Å². The summed E-state index contributed by atoms with van der Waals surface area (Å²) >= 11 is 0. The number of alkyl halides is 2. The van der Waals surface area contributed by atoms with Crippen LogP contribution in [0.1, 0.15) is 15.9 Å². The van der Waals surface area contributed by atoms with Crippen LogP contribution in [0.3, 0.4) is 0 Å². The quantitative estimate of drug-likeness (QED) is 0.700. The number of ether oxygens (including phenoxy) is 1. The average molecular weight is 200 g/mol. The number of ketones is 1. The molecular weight excluding hydrogens is 190 g/mol. The van der Waals surface area contributed by atoms with Crippen molar-refractivity contribution in [3.8, 4) is 5.75 Å². The van der Waals surface area contributed by atoms with Crippen molar-refractivity contribution in [2.75, 3.05) is 7.11 Å². The summed E-state index contributed by atoms with van der Waals surface area (Å²) < 4.78 is 29.0. The predicted octanol–water partition coefficient (Wildman–Crippen LogP) is 2.45. The van der Waals surface area contributed by atoms with E-state index >= 15 is 0 Å². The third-order valence-corrected chi connectivity index (χ3v) is 1.89. The number of aryl methyl sites for hydroxylation is 1. The molecule has 0 radical (unpaired) electrons. The van der Waals surface area contributed by atoms with Gasteiger partial charge in [-0.3, -0.25) is 4.79 Å². The van der Waals surface area contributed by atoms with Crippen LogP contribution in [0, 0.1) is 6.92 Å². The highest BCUT2D eigenvalue weighted by molar-refractivity contribution is 5.98. The predicted molar refractivity (Wildman–Crippen MR) is 48.1 cm³/mol. The summed E-state index contributed by atoms with van der Waals surface area (Å²) in [5.74, 6) is -0.736. The Hall–Kier alpha value is -1.45. The van der Waals surface area contributed by atoms with E-state index in [1.165, 1.54) is 19.2 Å². The molecule has 0 saturated carbocycles. The van der Waals surface area contributed by atoms with Gasteiger partial charge in [0, 0.05) is 5.56 Å². The molecule has 76 valence electrons. The van der Waals surface area contributed by atoms with Gasteiger partial charge in [0.2, 0.25) is 5.78 Å². The lowest BCUT2D eigenvalue weighted by molar-refractivity contribution is 0.0678. The van der Waals surface area contributed by atoms with Gasteiger partial charge in [-0.25, -0.2) is 8.78 Å². The lowest BCUT2D eigenvalue weighted by Crippen LogP contribution is -2.10. The molecule has 0 amide bonds. The van der Waals surface area contributed by atoms with Gasteiger partial charge in [0.1, 0.15) is 5.75 Å². The molecule has 0 aromatic heterocycles. The second-order valence-corrected chi connectivity index (χ2v) is 2.85. The zero-order valence-corrected chi connectivity index (χ0v) is 7.88. The maximum atomic E-state index is 12.1. The van der Waals surface area contributed by atoms with E-state index in [9.17, 15) is 13.6 Å². The first-order valence-corrected chi connectivity index (χ1v) is 4.03. The van der Waals surface area contributed by atoms with Crippen LogP contribution in [-0.4, -0.2) is 19.3 Å². The number of carbonyl (C=O) groups is 1. The van der Waals surface area contributed by atoms with Crippen molar-refractivity contribution in [1.82, 2.24) is 0 Å². The highest BCUT2D eigenvalue weighted by atomic mass is 19.3. The van der Waals surface area contributed by atoms with E-state index in [1.54, 1.807) is 13.0 Å². The summed E-state index contributed by atoms with van der Waals surface area (Å²) in [5.41, 5.74) is 0.778. The summed E-state index contributed by atoms with van der Waals surface area (Å²) in [5, 5.41) is 0. The highest BCUT2D eigenvalue weighted by Gasteiger charge is 2.18. The van der Waals surface area contributed by atoms with Crippen LogP contribution in [0.15, 0.2) is 18.2 Å². The molecule has 0 unspecified atom stereocenters. The fourth-order valence-electron chi connectivity index (χ4n) is 1.10. The van der Waals surface area contributed by atoms with Crippen molar-refractivity contribution in [3.05, 3.63) is 29.3 Å². The standard InChI is InChI=1S/C10H10F2O2/c1-6-3-4-7(5-8(6)14-2)9(13)10(11)12/h3-5,10H,1-2H3. The van der Waals surface area contributed by atoms with Crippen LogP contribution in [0.4, 0.5) is 8.78 Å². The minimum atomic E-state index is -2.97. The average Bonchev–Trinajstić information content (AvgIpc) is 2.17. The number of Topliss-reactive ketones (excluding diaryl/α,β-unsaturated/α-hetero) is 1. The molecule has 0 saturated heterocycles. The first kappa shape index (κ1) is 10.6. The number of hydrogen-bond acceptors (Lipinski definition) is 2. The summed E-state index contributed by atoms with van der Waals surface area (Å²) in [6, 6.07) is 4.27. The second-order valence-electron chi connectivity index (χ2n) is 2.85. The van der Waals surface area contributed by atoms with Gasteiger partial charge in [0.25, 0.3) is 0 Å². The van der Waals surface area contributed by atoms with Crippen LogP contribution >= 0.6 is 0 Å². The van der Waals surface area contributed by atoms with E-state index in [0.717, 1.165) is 5.56 Å². The lowest BCUT2D eigenvalue weighted by Gasteiger charge is -2.06. The van der Waals surface area contributed by atoms with E-state index in [0.29, 0.717) is 5.75 Å². The third kappa shape index (κ3) is 2.07. The largest absolute Gasteiger partial charge is 0.496 e. The van der Waals surface area contributed by atoms with Crippen molar-refractivity contribution in [3.63, 3.8) is 0 Å². The molecule has 1 aromatic carbocycles. The van der Waals surface area contributed by atoms with E-state index in [1.807, 2.05) is 0 Å². The van der Waals surface area contributed by atoms with E-state index in [-0.39, 0.29) is 5.56 Å². The maximum Gasteiger partial charge on any atom is 0.300 e. The summed E-state index contributed by atoms with van der Waals surface area (Å²) in [7, 11) is 1.43. The molecule has 0 bridgehead atoms. The molecule has 0 aliphatic rings. The molecule has 2 nitrogen and oxygen atoms in total. The normalized spacial score (nSPS) is 10.4. The van der Waals surface area contributed by atoms with Gasteiger partial charge in [-0.1, -0.05) is 12.1 Å². The summed E-state index contributed by atoms with van der Waals surface area (Å²) in [6.07, 6.45) is -2.97. The molecule has 14 heavy (non-hydrogen) atoms. The molecular formula is C10H10F2O2. The Morgan fingerprint density at radius 2 is 2.07 bits per heavy atom. The lowest BCUT2D eigenvalue weighted by atomic mass is 10.1. The Morgan fingerprint density at radius 3 is 2.57 bits per heavy atom. The molecule has 0 N–H and O–H groups in total. The fourth-order valence-corrected chi connectivity index (χ4v) is 1.10. The van der Waals surface area contributed by atoms with Crippen molar-refractivity contribution in [1.29, 1.82) is 0 Å². The second kappa shape index (κ2) is 4.17. The maximum absolute atomic E-state index is 12.1. The Kier molecular flexibility index (Phi) is 3.17. The Bertz CT molecular complexity index is 348. The molecule has 1 aromatic rings. The van der Waals surface area contributed by atoms with Crippen molar-refractivity contribution >= 4 is 5.78 Å². The van der Waals surface area contributed by atoms with Gasteiger partial charge >= 0.3 is 6.43 Å². The number of halogens is 2. The van der Waals surface area contributed by atoms with Gasteiger partial charge in [0.15, 0.2) is 0 Å². The van der Waals surface area contributed by atoms with Crippen LogP contribution in [0.5, 0.6) is 5.75 Å². The molecule has 4 heteroatoms. The van der Waals surface area contributed by atoms with Crippen LogP contribution in [0.25, 0.3) is 0 Å². The number of benzene rings is 1. The number of hydrogen-bond donors (Lipinski definition) is 0. The minimum Gasteiger partial charge on any atom is -0.496 e. The fraction of sp³-hybridized carbons (Fsp3) is 0.300. The van der Waals surface area contributed by atoms with Gasteiger partial charge in [-0.05, 0) is 18.6 Å². The first-order valence-electron chi connectivity index (χ1n) is 4.03. The smallest absolute Gasteiger partial charge is 0.300 e. The van der Waals surface area contributed by atoms with E-state index in [2.05, 4.69) is 0 Å². The third-order valence-electron chi connectivity index (χ3n) is 1.89. The molecule has 0 aliphatic heterocycles. The number of methoxy groups -OCH3 is 1. The minimum absolute atomic E-state index is 0.0255. The van der Waals surface area contributed by atoms with Crippen molar-refractivity contribution in [2.45, 2.75) is 13.3 Å². The highest BCUT2D eigenvalue weighted by Crippen LogP contribution is 2.20. The SMILES string of the molecule is COc1cc(C(=O)C(F)F)ccc1C. The molecule has 0 spiro atoms. The first-order chi connectivity index (χ1) is 6.56. The van der Waals surface area contributed by atoms with E-state index < -0.39 is 12.2 Å². The molecule has 0 heterocycles. The van der Waals surface area contributed by atoms with Gasteiger partial charge in [-0.2, -0.15) is 0 Å². The van der Waals surface area contributed by atoms with Crippen molar-refractivity contribution in [2.24, 2.45) is 0 Å². The van der Waals surface area contributed by atoms with Crippen LogP contribution in [-0.2, 0) is 0 Å². The zero-order valence-electron chi connectivity index (χ0n) is 7.88. The summed E-state index contributed by atoms with van der Waals surface area (Å²) in [4.78, 5) is 10.9. The van der Waals surface area contributed by atoms with Crippen LogP contribution < -0.4 is 4.74 Å². The molecule has 0 atom stereocenters. The number of carbonyl (C=O) groups excluding carboxylic acids is 1.